The predicted molar refractivity (Wildman–Crippen MR) is 81.0 cm³/mol. The molecule has 0 aromatic heterocycles. The Morgan fingerprint density at radius 3 is 1.95 bits per heavy atom. The van der Waals surface area contributed by atoms with Gasteiger partial charge >= 0.3 is 0 Å². The topological polar surface area (TPSA) is 20.2 Å². The van der Waals surface area contributed by atoms with Crippen LogP contribution in [0, 0.1) is 13.8 Å². The smallest absolute Gasteiger partial charge is 0.0836 e. The fourth-order valence-electron chi connectivity index (χ4n) is 2.38. The second-order valence-corrected chi connectivity index (χ2v) is 5.54. The molecule has 19 heavy (non-hydrogen) atoms. The van der Waals surface area contributed by atoms with E-state index in [9.17, 15) is 5.11 Å². The van der Waals surface area contributed by atoms with Crippen LogP contribution in [0.5, 0.6) is 0 Å². The van der Waals surface area contributed by atoms with E-state index in [1.807, 2.05) is 32.0 Å². The molecule has 0 aliphatic carbocycles. The summed E-state index contributed by atoms with van der Waals surface area (Å²) in [5.41, 5.74) is 3.91. The highest BCUT2D eigenvalue weighted by Gasteiger charge is 2.16. The van der Waals surface area contributed by atoms with E-state index < -0.39 is 6.10 Å². The average molecular weight is 295 g/mol. The number of benzene rings is 2. The summed E-state index contributed by atoms with van der Waals surface area (Å²) in [4.78, 5) is 0. The Bertz CT molecular complexity index is 553. The van der Waals surface area contributed by atoms with Crippen LogP contribution in [-0.2, 0) is 6.42 Å². The minimum Gasteiger partial charge on any atom is -0.388 e. The summed E-state index contributed by atoms with van der Waals surface area (Å²) >= 11 is 12.3. The Kier molecular flexibility index (Phi) is 4.51. The van der Waals surface area contributed by atoms with Crippen LogP contribution in [0.1, 0.15) is 28.4 Å². The Morgan fingerprint density at radius 1 is 0.947 bits per heavy atom. The molecular weight excluding hydrogens is 279 g/mol. The van der Waals surface area contributed by atoms with Gasteiger partial charge in [-0.15, -0.1) is 0 Å². The van der Waals surface area contributed by atoms with Gasteiger partial charge in [-0.2, -0.15) is 0 Å². The molecule has 2 aromatic rings. The van der Waals surface area contributed by atoms with Gasteiger partial charge in [0.15, 0.2) is 0 Å². The average Bonchev–Trinajstić information content (AvgIpc) is 2.34. The molecule has 2 aromatic carbocycles. The Balaban J connectivity index is 2.34. The van der Waals surface area contributed by atoms with Crippen molar-refractivity contribution in [3.63, 3.8) is 0 Å². The van der Waals surface area contributed by atoms with Crippen molar-refractivity contribution in [2.75, 3.05) is 0 Å². The zero-order valence-corrected chi connectivity index (χ0v) is 12.5. The molecule has 0 amide bonds. The largest absolute Gasteiger partial charge is 0.388 e. The molecule has 0 aliphatic rings. The van der Waals surface area contributed by atoms with Crippen molar-refractivity contribution in [1.29, 1.82) is 0 Å². The van der Waals surface area contributed by atoms with E-state index in [1.165, 1.54) is 0 Å². The van der Waals surface area contributed by atoms with Gasteiger partial charge in [-0.1, -0.05) is 47.5 Å². The number of hydrogen-bond donors (Lipinski definition) is 1. The Morgan fingerprint density at radius 2 is 1.42 bits per heavy atom. The highest BCUT2D eigenvalue weighted by Crippen LogP contribution is 2.31. The second-order valence-electron chi connectivity index (χ2n) is 4.73. The van der Waals surface area contributed by atoms with Crippen LogP contribution in [0.2, 0.25) is 10.0 Å². The van der Waals surface area contributed by atoms with Crippen molar-refractivity contribution in [2.24, 2.45) is 0 Å². The maximum absolute atomic E-state index is 10.5. The van der Waals surface area contributed by atoms with Gasteiger partial charge in [0.2, 0.25) is 0 Å². The molecule has 0 aliphatic heterocycles. The summed E-state index contributed by atoms with van der Waals surface area (Å²) in [5, 5.41) is 11.7. The van der Waals surface area contributed by atoms with Crippen LogP contribution in [0.4, 0.5) is 0 Å². The molecule has 0 saturated carbocycles. The van der Waals surface area contributed by atoms with Crippen molar-refractivity contribution in [2.45, 2.75) is 26.4 Å². The highest BCUT2D eigenvalue weighted by atomic mass is 35.5. The van der Waals surface area contributed by atoms with Gasteiger partial charge in [-0.3, -0.25) is 0 Å². The summed E-state index contributed by atoms with van der Waals surface area (Å²) in [6.07, 6.45) is -0.178. The fraction of sp³-hybridized carbons (Fsp3) is 0.250. The molecule has 1 unspecified atom stereocenters. The predicted octanol–water partition coefficient (Wildman–Crippen LogP) is 4.89. The summed E-state index contributed by atoms with van der Waals surface area (Å²) < 4.78 is 0. The van der Waals surface area contributed by atoms with E-state index >= 15 is 0 Å². The van der Waals surface area contributed by atoms with Crippen LogP contribution in [0.15, 0.2) is 36.4 Å². The number of aryl methyl sites for hydroxylation is 2. The number of halogens is 2. The Labute approximate surface area is 123 Å². The van der Waals surface area contributed by atoms with E-state index in [2.05, 4.69) is 0 Å². The van der Waals surface area contributed by atoms with E-state index in [0.717, 1.165) is 22.3 Å². The SMILES string of the molecule is Cc1cccc(C)c1C(O)Cc1c(Cl)cccc1Cl. The molecule has 0 radical (unpaired) electrons. The van der Waals surface area contributed by atoms with Gasteiger partial charge in [0.05, 0.1) is 6.10 Å². The molecule has 0 spiro atoms. The summed E-state index contributed by atoms with van der Waals surface area (Å²) in [5.74, 6) is 0. The van der Waals surface area contributed by atoms with Crippen LogP contribution < -0.4 is 0 Å². The first-order chi connectivity index (χ1) is 9.00. The molecule has 2 rings (SSSR count). The van der Waals surface area contributed by atoms with E-state index in [4.69, 9.17) is 23.2 Å². The van der Waals surface area contributed by atoms with E-state index in [1.54, 1.807) is 18.2 Å². The van der Waals surface area contributed by atoms with Crippen molar-refractivity contribution in [3.05, 3.63) is 68.7 Å². The molecule has 1 N–H and O–H groups in total. The van der Waals surface area contributed by atoms with Crippen LogP contribution in [-0.4, -0.2) is 5.11 Å². The lowest BCUT2D eigenvalue weighted by atomic mass is 9.94. The van der Waals surface area contributed by atoms with Crippen molar-refractivity contribution >= 4 is 23.2 Å². The van der Waals surface area contributed by atoms with Crippen LogP contribution in [0.25, 0.3) is 0 Å². The van der Waals surface area contributed by atoms with Crippen LogP contribution >= 0.6 is 23.2 Å². The molecule has 0 fully saturated rings. The summed E-state index contributed by atoms with van der Waals surface area (Å²) in [7, 11) is 0. The monoisotopic (exact) mass is 294 g/mol. The van der Waals surface area contributed by atoms with Gasteiger partial charge in [-0.05, 0) is 48.2 Å². The van der Waals surface area contributed by atoms with Crippen molar-refractivity contribution in [3.8, 4) is 0 Å². The maximum atomic E-state index is 10.5. The summed E-state index contributed by atoms with van der Waals surface area (Å²) in [6, 6.07) is 11.4. The lowest BCUT2D eigenvalue weighted by molar-refractivity contribution is 0.177. The van der Waals surface area contributed by atoms with Gasteiger partial charge in [0, 0.05) is 16.5 Å². The minimum atomic E-state index is -0.599. The minimum absolute atomic E-state index is 0.421. The molecule has 1 atom stereocenters. The molecule has 0 heterocycles. The highest BCUT2D eigenvalue weighted by molar-refractivity contribution is 6.36. The zero-order chi connectivity index (χ0) is 14.0. The molecule has 0 saturated heterocycles. The maximum Gasteiger partial charge on any atom is 0.0836 e. The van der Waals surface area contributed by atoms with E-state index in [0.29, 0.717) is 16.5 Å². The van der Waals surface area contributed by atoms with Gasteiger partial charge < -0.3 is 5.11 Å². The van der Waals surface area contributed by atoms with Gasteiger partial charge in [0.1, 0.15) is 0 Å². The second kappa shape index (κ2) is 5.96. The number of hydrogen-bond acceptors (Lipinski definition) is 1. The molecular formula is C16H16Cl2O. The van der Waals surface area contributed by atoms with Crippen molar-refractivity contribution in [1.82, 2.24) is 0 Å². The van der Waals surface area contributed by atoms with Crippen LogP contribution in [0.3, 0.4) is 0 Å². The molecule has 3 heteroatoms. The van der Waals surface area contributed by atoms with Crippen molar-refractivity contribution < 1.29 is 5.11 Å². The third kappa shape index (κ3) is 3.11. The van der Waals surface area contributed by atoms with E-state index in [-0.39, 0.29) is 0 Å². The lowest BCUT2D eigenvalue weighted by Gasteiger charge is -2.18. The lowest BCUT2D eigenvalue weighted by Crippen LogP contribution is -2.07. The Hall–Kier alpha value is -1.02. The molecule has 0 bridgehead atoms. The first kappa shape index (κ1) is 14.4. The standard InChI is InChI=1S/C16H16Cl2O/c1-10-5-3-6-11(2)16(10)15(19)9-12-13(17)7-4-8-14(12)18/h3-8,15,19H,9H2,1-2H3. The third-order valence-electron chi connectivity index (χ3n) is 3.33. The third-order valence-corrected chi connectivity index (χ3v) is 4.04. The normalized spacial score (nSPS) is 12.5. The number of aliphatic hydroxyl groups excluding tert-OH is 1. The fourth-order valence-corrected chi connectivity index (χ4v) is 2.93. The quantitative estimate of drug-likeness (QED) is 0.855. The van der Waals surface area contributed by atoms with Gasteiger partial charge in [0.25, 0.3) is 0 Å². The summed E-state index contributed by atoms with van der Waals surface area (Å²) in [6.45, 7) is 4.00. The number of rotatable bonds is 3. The number of aliphatic hydroxyl groups is 1. The zero-order valence-electron chi connectivity index (χ0n) is 11.0. The van der Waals surface area contributed by atoms with Gasteiger partial charge in [-0.25, -0.2) is 0 Å². The molecule has 100 valence electrons. The first-order valence-electron chi connectivity index (χ1n) is 6.17. The molecule has 1 nitrogen and oxygen atoms in total. The first-order valence-corrected chi connectivity index (χ1v) is 6.93.